The van der Waals surface area contributed by atoms with Gasteiger partial charge in [-0.25, -0.2) is 0 Å². The Kier molecular flexibility index (Phi) is 9.01. The van der Waals surface area contributed by atoms with E-state index in [0.717, 1.165) is 19.3 Å². The van der Waals surface area contributed by atoms with Gasteiger partial charge in [-0.15, -0.1) is 0 Å². The van der Waals surface area contributed by atoms with Crippen LogP contribution in [0.3, 0.4) is 0 Å². The number of rotatable bonds is 11. The molecule has 2 nitrogen and oxygen atoms in total. The van der Waals surface area contributed by atoms with Crippen LogP contribution in [0.15, 0.2) is 0 Å². The fourth-order valence-electron chi connectivity index (χ4n) is 5.16. The van der Waals surface area contributed by atoms with Gasteiger partial charge < -0.3 is 10.2 Å². The van der Waals surface area contributed by atoms with Crippen LogP contribution in [0, 0.1) is 16.7 Å². The van der Waals surface area contributed by atoms with Crippen LogP contribution in [0.5, 0.6) is 0 Å². The fourth-order valence-corrected chi connectivity index (χ4v) is 5.16. The molecule has 0 aromatic carbocycles. The first-order valence-electron chi connectivity index (χ1n) is 9.88. The van der Waals surface area contributed by atoms with Crippen molar-refractivity contribution in [2.24, 2.45) is 16.7 Å². The maximum Gasteiger partial charge on any atom is 0.0492 e. The van der Waals surface area contributed by atoms with Gasteiger partial charge in [-0.2, -0.15) is 0 Å². The van der Waals surface area contributed by atoms with E-state index in [-0.39, 0.29) is 10.8 Å². The highest BCUT2D eigenvalue weighted by Crippen LogP contribution is 2.61. The molecule has 0 bridgehead atoms. The van der Waals surface area contributed by atoms with Crippen molar-refractivity contribution in [3.63, 3.8) is 0 Å². The van der Waals surface area contributed by atoms with Gasteiger partial charge in [0.1, 0.15) is 0 Å². The monoisotopic (exact) mass is 312 g/mol. The molecule has 0 spiro atoms. The molecule has 1 rings (SSSR count). The van der Waals surface area contributed by atoms with Crippen LogP contribution < -0.4 is 0 Å². The van der Waals surface area contributed by atoms with Crippen molar-refractivity contribution < 1.29 is 10.2 Å². The van der Waals surface area contributed by atoms with Gasteiger partial charge in [0.15, 0.2) is 0 Å². The lowest BCUT2D eigenvalue weighted by Crippen LogP contribution is -2.53. The Bertz CT molecular complexity index is 281. The SMILES string of the molecule is CCCCC1(CO)CCCC(CO)C1(CCCC)CCCC. The number of unbranched alkanes of at least 4 members (excludes halogenated alkanes) is 3. The number of hydrogen-bond donors (Lipinski definition) is 2. The van der Waals surface area contributed by atoms with E-state index < -0.39 is 0 Å². The molecule has 2 heteroatoms. The van der Waals surface area contributed by atoms with Crippen molar-refractivity contribution in [2.75, 3.05) is 13.2 Å². The Morgan fingerprint density at radius 1 is 0.864 bits per heavy atom. The minimum absolute atomic E-state index is 0.0546. The summed E-state index contributed by atoms with van der Waals surface area (Å²) in [6.07, 6.45) is 14.3. The Morgan fingerprint density at radius 3 is 1.86 bits per heavy atom. The lowest BCUT2D eigenvalue weighted by atomic mass is 9.47. The summed E-state index contributed by atoms with van der Waals surface area (Å²) >= 11 is 0. The molecule has 1 aliphatic carbocycles. The average molecular weight is 313 g/mol. The molecule has 2 N–H and O–H groups in total. The Hall–Kier alpha value is -0.0800. The summed E-state index contributed by atoms with van der Waals surface area (Å²) in [7, 11) is 0. The molecule has 0 aromatic rings. The van der Waals surface area contributed by atoms with Gasteiger partial charge in [-0.1, -0.05) is 65.7 Å². The Labute approximate surface area is 138 Å². The van der Waals surface area contributed by atoms with Crippen LogP contribution in [0.4, 0.5) is 0 Å². The summed E-state index contributed by atoms with van der Waals surface area (Å²) in [6.45, 7) is 7.39. The summed E-state index contributed by atoms with van der Waals surface area (Å²) in [5, 5.41) is 20.5. The molecule has 1 saturated carbocycles. The molecule has 2 atom stereocenters. The molecular formula is C20H40O2. The second kappa shape index (κ2) is 9.93. The zero-order valence-corrected chi connectivity index (χ0v) is 15.4. The maximum atomic E-state index is 10.4. The first kappa shape index (κ1) is 20.0. The summed E-state index contributed by atoms with van der Waals surface area (Å²) in [4.78, 5) is 0. The molecule has 0 aliphatic heterocycles. The molecule has 0 saturated heterocycles. The number of hydrogen-bond acceptors (Lipinski definition) is 2. The molecule has 1 aliphatic rings. The second-order valence-corrected chi connectivity index (χ2v) is 7.68. The van der Waals surface area contributed by atoms with E-state index in [1.54, 1.807) is 0 Å². The smallest absolute Gasteiger partial charge is 0.0492 e. The van der Waals surface area contributed by atoms with Crippen LogP contribution in [0.2, 0.25) is 0 Å². The summed E-state index contributed by atoms with van der Waals surface area (Å²) in [6, 6.07) is 0. The number of aliphatic hydroxyl groups excluding tert-OH is 2. The molecule has 2 unspecified atom stereocenters. The second-order valence-electron chi connectivity index (χ2n) is 7.68. The van der Waals surface area contributed by atoms with Gasteiger partial charge in [-0.3, -0.25) is 0 Å². The predicted octanol–water partition coefficient (Wildman–Crippen LogP) is 5.31. The van der Waals surface area contributed by atoms with E-state index in [4.69, 9.17) is 0 Å². The van der Waals surface area contributed by atoms with Crippen LogP contribution in [-0.4, -0.2) is 23.4 Å². The minimum atomic E-state index is 0.0546. The zero-order valence-electron chi connectivity index (χ0n) is 15.4. The molecule has 22 heavy (non-hydrogen) atoms. The zero-order chi connectivity index (χ0) is 16.5. The highest BCUT2D eigenvalue weighted by atomic mass is 16.3. The van der Waals surface area contributed by atoms with E-state index in [1.165, 1.54) is 57.8 Å². The van der Waals surface area contributed by atoms with Crippen molar-refractivity contribution >= 4 is 0 Å². The molecule has 132 valence electrons. The van der Waals surface area contributed by atoms with Gasteiger partial charge in [0, 0.05) is 13.2 Å². The van der Waals surface area contributed by atoms with Gasteiger partial charge in [0.05, 0.1) is 0 Å². The van der Waals surface area contributed by atoms with E-state index >= 15 is 0 Å². The third-order valence-corrected chi connectivity index (χ3v) is 6.53. The molecule has 0 heterocycles. The molecule has 1 fully saturated rings. The van der Waals surface area contributed by atoms with Gasteiger partial charge in [-0.05, 0) is 48.9 Å². The average Bonchev–Trinajstić information content (AvgIpc) is 2.56. The largest absolute Gasteiger partial charge is 0.396 e. The summed E-state index contributed by atoms with van der Waals surface area (Å²) in [5.41, 5.74) is 0.217. The van der Waals surface area contributed by atoms with Crippen molar-refractivity contribution in [3.05, 3.63) is 0 Å². The van der Waals surface area contributed by atoms with Gasteiger partial charge in [0.25, 0.3) is 0 Å². The van der Waals surface area contributed by atoms with Crippen molar-refractivity contribution in [2.45, 2.75) is 97.8 Å². The van der Waals surface area contributed by atoms with Crippen LogP contribution >= 0.6 is 0 Å². The third-order valence-electron chi connectivity index (χ3n) is 6.53. The van der Waals surface area contributed by atoms with E-state index in [9.17, 15) is 10.2 Å². The van der Waals surface area contributed by atoms with E-state index in [1.807, 2.05) is 0 Å². The molecule has 0 radical (unpaired) electrons. The topological polar surface area (TPSA) is 40.5 Å². The highest BCUT2D eigenvalue weighted by molar-refractivity contribution is 5.04. The highest BCUT2D eigenvalue weighted by Gasteiger charge is 2.55. The maximum absolute atomic E-state index is 10.4. The van der Waals surface area contributed by atoms with Crippen LogP contribution in [-0.2, 0) is 0 Å². The van der Waals surface area contributed by atoms with Crippen molar-refractivity contribution in [1.29, 1.82) is 0 Å². The first-order chi connectivity index (χ1) is 10.7. The molecule has 0 amide bonds. The van der Waals surface area contributed by atoms with Crippen LogP contribution in [0.1, 0.15) is 97.8 Å². The van der Waals surface area contributed by atoms with Gasteiger partial charge in [0.2, 0.25) is 0 Å². The molecular weight excluding hydrogens is 272 g/mol. The van der Waals surface area contributed by atoms with Crippen LogP contribution in [0.25, 0.3) is 0 Å². The molecule has 0 aromatic heterocycles. The minimum Gasteiger partial charge on any atom is -0.396 e. The fraction of sp³-hybridized carbons (Fsp3) is 1.00. The van der Waals surface area contributed by atoms with Crippen molar-refractivity contribution in [1.82, 2.24) is 0 Å². The summed E-state index contributed by atoms with van der Waals surface area (Å²) < 4.78 is 0. The predicted molar refractivity (Wildman–Crippen MR) is 95.0 cm³/mol. The summed E-state index contributed by atoms with van der Waals surface area (Å²) in [5.74, 6) is 0.392. The van der Waals surface area contributed by atoms with E-state index in [2.05, 4.69) is 20.8 Å². The lowest BCUT2D eigenvalue weighted by Gasteiger charge is -2.58. The van der Waals surface area contributed by atoms with E-state index in [0.29, 0.717) is 19.1 Å². The normalized spacial score (nSPS) is 28.0. The lowest BCUT2D eigenvalue weighted by molar-refractivity contribution is -0.128. The van der Waals surface area contributed by atoms with Crippen molar-refractivity contribution in [3.8, 4) is 0 Å². The van der Waals surface area contributed by atoms with Gasteiger partial charge >= 0.3 is 0 Å². The number of aliphatic hydroxyl groups is 2. The third kappa shape index (κ3) is 4.06. The Morgan fingerprint density at radius 2 is 1.41 bits per heavy atom. The standard InChI is InChI=1S/C20H40O2/c1-4-7-12-19(17-22)13-10-11-18(16-21)20(19,14-8-5-2)15-9-6-3/h18,21-22H,4-17H2,1-3H3. The quantitative estimate of drug-likeness (QED) is 0.542. The first-order valence-corrected chi connectivity index (χ1v) is 9.88. The Balaban J connectivity index is 3.18.